The number of carbonyl (C=O) groups is 1. The van der Waals surface area contributed by atoms with Crippen LogP contribution in [0.15, 0.2) is 24.3 Å². The van der Waals surface area contributed by atoms with Crippen LogP contribution in [0.3, 0.4) is 0 Å². The molecule has 0 fully saturated rings. The Kier molecular flexibility index (Phi) is 5.26. The van der Waals surface area contributed by atoms with Crippen molar-refractivity contribution in [3.05, 3.63) is 29.8 Å². The first-order chi connectivity index (χ1) is 7.27. The second kappa shape index (κ2) is 6.51. The molecule has 3 heteroatoms. The number of ether oxygens (including phenoxy) is 1. The van der Waals surface area contributed by atoms with Crippen molar-refractivity contribution >= 4 is 17.5 Å². The average molecular weight is 224 g/mol. The molecule has 1 aromatic carbocycles. The van der Waals surface area contributed by atoms with Gasteiger partial charge >= 0.3 is 0 Å². The van der Waals surface area contributed by atoms with E-state index in [4.69, 9.17) is 4.74 Å². The normalized spacial score (nSPS) is 10.0. The van der Waals surface area contributed by atoms with E-state index in [-0.39, 0.29) is 5.78 Å². The first kappa shape index (κ1) is 12.1. The molecule has 1 aromatic rings. The maximum Gasteiger partial charge on any atom is 0.163 e. The summed E-state index contributed by atoms with van der Waals surface area (Å²) >= 11 is 1.79. The lowest BCUT2D eigenvalue weighted by Gasteiger charge is -2.02. The Hall–Kier alpha value is -0.960. The number of carbonyl (C=O) groups excluding carboxylic acids is 1. The highest BCUT2D eigenvalue weighted by Crippen LogP contribution is 2.13. The first-order valence-electron chi connectivity index (χ1n) is 5.03. The lowest BCUT2D eigenvalue weighted by molar-refractivity contribution is 0.0989. The number of hydrogen-bond acceptors (Lipinski definition) is 3. The van der Waals surface area contributed by atoms with Crippen molar-refractivity contribution in [2.24, 2.45) is 0 Å². The Bertz CT molecular complexity index is 306. The van der Waals surface area contributed by atoms with E-state index in [0.717, 1.165) is 22.8 Å². The molecule has 15 heavy (non-hydrogen) atoms. The molecule has 0 N–H and O–H groups in total. The van der Waals surface area contributed by atoms with Crippen LogP contribution in [-0.2, 0) is 0 Å². The van der Waals surface area contributed by atoms with Crippen LogP contribution in [0.4, 0.5) is 0 Å². The highest BCUT2D eigenvalue weighted by Gasteiger charge is 2.04. The topological polar surface area (TPSA) is 26.3 Å². The molecule has 2 nitrogen and oxygen atoms in total. The summed E-state index contributed by atoms with van der Waals surface area (Å²) in [4.78, 5) is 11.7. The smallest absolute Gasteiger partial charge is 0.163 e. The zero-order chi connectivity index (χ0) is 11.1. The van der Waals surface area contributed by atoms with Gasteiger partial charge in [-0.05, 0) is 30.0 Å². The zero-order valence-corrected chi connectivity index (χ0v) is 9.97. The summed E-state index contributed by atoms with van der Waals surface area (Å²) in [6.45, 7) is 2.10. The van der Waals surface area contributed by atoms with Crippen LogP contribution in [0.25, 0.3) is 0 Å². The number of benzene rings is 1. The van der Waals surface area contributed by atoms with Crippen molar-refractivity contribution in [2.45, 2.75) is 13.3 Å². The van der Waals surface area contributed by atoms with Gasteiger partial charge in [-0.25, -0.2) is 0 Å². The van der Waals surface area contributed by atoms with Gasteiger partial charge in [0.15, 0.2) is 5.78 Å². The molecule has 0 aromatic heterocycles. The van der Waals surface area contributed by atoms with Crippen molar-refractivity contribution in [1.82, 2.24) is 0 Å². The van der Waals surface area contributed by atoms with Crippen LogP contribution in [0.5, 0.6) is 5.75 Å². The second-order valence-electron chi connectivity index (χ2n) is 3.10. The van der Waals surface area contributed by atoms with E-state index in [0.29, 0.717) is 6.42 Å². The van der Waals surface area contributed by atoms with Crippen molar-refractivity contribution in [2.75, 3.05) is 18.6 Å². The molecule has 0 atom stereocenters. The van der Waals surface area contributed by atoms with E-state index in [1.54, 1.807) is 18.9 Å². The summed E-state index contributed by atoms with van der Waals surface area (Å²) in [7, 11) is 1.62. The summed E-state index contributed by atoms with van der Waals surface area (Å²) in [5.41, 5.74) is 0.771. The van der Waals surface area contributed by atoms with Crippen molar-refractivity contribution in [3.63, 3.8) is 0 Å². The van der Waals surface area contributed by atoms with Gasteiger partial charge < -0.3 is 4.74 Å². The summed E-state index contributed by atoms with van der Waals surface area (Å²) in [5.74, 6) is 2.96. The summed E-state index contributed by atoms with van der Waals surface area (Å²) in [5, 5.41) is 0. The molecule has 0 bridgehead atoms. The second-order valence-corrected chi connectivity index (χ2v) is 4.49. The molecule has 0 spiro atoms. The fourth-order valence-electron chi connectivity index (χ4n) is 1.23. The van der Waals surface area contributed by atoms with Crippen LogP contribution in [0.2, 0.25) is 0 Å². The van der Waals surface area contributed by atoms with E-state index in [2.05, 4.69) is 6.92 Å². The third kappa shape index (κ3) is 3.96. The van der Waals surface area contributed by atoms with Gasteiger partial charge in [0.25, 0.3) is 0 Å². The molecular formula is C12H16O2S. The molecule has 0 heterocycles. The van der Waals surface area contributed by atoms with Crippen LogP contribution < -0.4 is 4.74 Å². The van der Waals surface area contributed by atoms with Gasteiger partial charge in [-0.15, -0.1) is 0 Å². The van der Waals surface area contributed by atoms with Gasteiger partial charge in [-0.1, -0.05) is 6.92 Å². The fraction of sp³-hybridized carbons (Fsp3) is 0.417. The van der Waals surface area contributed by atoms with Crippen LogP contribution in [0, 0.1) is 0 Å². The Labute approximate surface area is 95.0 Å². The van der Waals surface area contributed by atoms with E-state index in [9.17, 15) is 4.79 Å². The predicted molar refractivity (Wildman–Crippen MR) is 64.9 cm³/mol. The quantitative estimate of drug-likeness (QED) is 0.549. The third-order valence-electron chi connectivity index (χ3n) is 2.09. The van der Waals surface area contributed by atoms with Gasteiger partial charge in [0.2, 0.25) is 0 Å². The third-order valence-corrected chi connectivity index (χ3v) is 2.99. The van der Waals surface area contributed by atoms with E-state index >= 15 is 0 Å². The van der Waals surface area contributed by atoms with Crippen molar-refractivity contribution < 1.29 is 9.53 Å². The summed E-state index contributed by atoms with van der Waals surface area (Å²) in [6.07, 6.45) is 0.616. The molecular weight excluding hydrogens is 208 g/mol. The molecule has 0 saturated heterocycles. The Morgan fingerprint density at radius 3 is 2.53 bits per heavy atom. The fourth-order valence-corrected chi connectivity index (χ4v) is 1.85. The van der Waals surface area contributed by atoms with Gasteiger partial charge in [0, 0.05) is 17.7 Å². The number of methoxy groups -OCH3 is 1. The molecule has 0 unspecified atom stereocenters. The monoisotopic (exact) mass is 224 g/mol. The summed E-state index contributed by atoms with van der Waals surface area (Å²) < 4.78 is 5.03. The van der Waals surface area contributed by atoms with Gasteiger partial charge in [-0.3, -0.25) is 4.79 Å². The molecule has 0 radical (unpaired) electrons. The highest BCUT2D eigenvalue weighted by atomic mass is 32.2. The van der Waals surface area contributed by atoms with Crippen LogP contribution >= 0.6 is 11.8 Å². The van der Waals surface area contributed by atoms with E-state index in [1.807, 2.05) is 24.3 Å². The maximum absolute atomic E-state index is 11.7. The number of ketones is 1. The Morgan fingerprint density at radius 1 is 1.33 bits per heavy atom. The average Bonchev–Trinajstić information content (AvgIpc) is 2.29. The largest absolute Gasteiger partial charge is 0.497 e. The van der Waals surface area contributed by atoms with E-state index < -0.39 is 0 Å². The Balaban J connectivity index is 2.50. The Morgan fingerprint density at radius 2 is 2.00 bits per heavy atom. The van der Waals surface area contributed by atoms with Crippen molar-refractivity contribution in [3.8, 4) is 5.75 Å². The number of hydrogen-bond donors (Lipinski definition) is 0. The number of Topliss-reactive ketones (excluding diaryl/α,β-unsaturated/α-hetero) is 1. The SMILES string of the molecule is CCSCCC(=O)c1ccc(OC)cc1. The standard InChI is InChI=1S/C12H16O2S/c1-3-15-9-8-12(13)10-4-6-11(14-2)7-5-10/h4-7H,3,8-9H2,1-2H3. The molecule has 0 aliphatic heterocycles. The van der Waals surface area contributed by atoms with Gasteiger partial charge in [0.1, 0.15) is 5.75 Å². The van der Waals surface area contributed by atoms with Crippen LogP contribution in [-0.4, -0.2) is 24.4 Å². The minimum atomic E-state index is 0.207. The number of rotatable bonds is 6. The minimum Gasteiger partial charge on any atom is -0.497 e. The molecule has 1 rings (SSSR count). The van der Waals surface area contributed by atoms with E-state index in [1.165, 1.54) is 0 Å². The number of thioether (sulfide) groups is 1. The zero-order valence-electron chi connectivity index (χ0n) is 9.16. The molecule has 82 valence electrons. The molecule has 0 saturated carbocycles. The molecule has 0 aliphatic carbocycles. The van der Waals surface area contributed by atoms with Crippen molar-refractivity contribution in [1.29, 1.82) is 0 Å². The summed E-state index contributed by atoms with van der Waals surface area (Å²) in [6, 6.07) is 7.27. The van der Waals surface area contributed by atoms with Gasteiger partial charge in [-0.2, -0.15) is 11.8 Å². The predicted octanol–water partition coefficient (Wildman–Crippen LogP) is 3.02. The minimum absolute atomic E-state index is 0.207. The lowest BCUT2D eigenvalue weighted by atomic mass is 10.1. The lowest BCUT2D eigenvalue weighted by Crippen LogP contribution is -2.00. The maximum atomic E-state index is 11.7. The molecule has 0 amide bonds. The molecule has 0 aliphatic rings. The van der Waals surface area contributed by atoms with Gasteiger partial charge in [0.05, 0.1) is 7.11 Å². The highest BCUT2D eigenvalue weighted by molar-refractivity contribution is 7.99. The van der Waals surface area contributed by atoms with Crippen LogP contribution in [0.1, 0.15) is 23.7 Å². The first-order valence-corrected chi connectivity index (χ1v) is 6.18.